The molecule has 5 heteroatoms. The molecule has 2 atom stereocenters. The Bertz CT molecular complexity index is 549. The number of nitrogens with one attached hydrogen (secondary N) is 2. The van der Waals surface area contributed by atoms with E-state index >= 15 is 0 Å². The van der Waals surface area contributed by atoms with Gasteiger partial charge >= 0.3 is 0 Å². The standard InChI is InChI=1S/C17H25N3O2/c1-12-17(13(2)20-19-12)10-18-9-16(21)11-22-14(3)15-7-5-4-6-8-15/h4-8,14,16,18,21H,9-11H2,1-3H3,(H,19,20)/t14-,16-/m0/s1. The van der Waals surface area contributed by atoms with Crippen molar-refractivity contribution in [1.82, 2.24) is 15.5 Å². The highest BCUT2D eigenvalue weighted by atomic mass is 16.5. The van der Waals surface area contributed by atoms with Crippen LogP contribution in [0.4, 0.5) is 0 Å². The van der Waals surface area contributed by atoms with Crippen LogP contribution in [-0.4, -0.2) is 34.6 Å². The molecule has 0 amide bonds. The van der Waals surface area contributed by atoms with Crippen LogP contribution in [0.5, 0.6) is 0 Å². The summed E-state index contributed by atoms with van der Waals surface area (Å²) in [4.78, 5) is 0. The van der Waals surface area contributed by atoms with Crippen LogP contribution in [0.1, 0.15) is 35.5 Å². The zero-order valence-corrected chi connectivity index (χ0v) is 13.5. The Morgan fingerprint density at radius 2 is 2.00 bits per heavy atom. The van der Waals surface area contributed by atoms with Crippen LogP contribution < -0.4 is 5.32 Å². The van der Waals surface area contributed by atoms with E-state index in [1.165, 1.54) is 0 Å². The van der Waals surface area contributed by atoms with E-state index in [0.717, 1.165) is 22.5 Å². The van der Waals surface area contributed by atoms with Crippen molar-refractivity contribution < 1.29 is 9.84 Å². The third kappa shape index (κ3) is 4.66. The lowest BCUT2D eigenvalue weighted by molar-refractivity contribution is -0.00212. The first kappa shape index (κ1) is 16.7. The number of rotatable bonds is 8. The zero-order valence-electron chi connectivity index (χ0n) is 13.5. The number of aliphatic hydroxyl groups is 1. The van der Waals surface area contributed by atoms with Gasteiger partial charge in [0.2, 0.25) is 0 Å². The molecule has 0 saturated heterocycles. The molecule has 0 unspecified atom stereocenters. The van der Waals surface area contributed by atoms with Gasteiger partial charge in [-0.25, -0.2) is 0 Å². The van der Waals surface area contributed by atoms with E-state index in [0.29, 0.717) is 19.7 Å². The molecule has 2 rings (SSSR count). The van der Waals surface area contributed by atoms with Crippen LogP contribution in [0.15, 0.2) is 30.3 Å². The second-order valence-electron chi connectivity index (χ2n) is 5.58. The van der Waals surface area contributed by atoms with Crippen LogP contribution in [0, 0.1) is 13.8 Å². The average molecular weight is 303 g/mol. The molecular formula is C17H25N3O2. The van der Waals surface area contributed by atoms with Crippen LogP contribution in [0.3, 0.4) is 0 Å². The summed E-state index contributed by atoms with van der Waals surface area (Å²) in [6.45, 7) is 7.46. The fraction of sp³-hybridized carbons (Fsp3) is 0.471. The van der Waals surface area contributed by atoms with Crippen LogP contribution >= 0.6 is 0 Å². The summed E-state index contributed by atoms with van der Waals surface area (Å²) >= 11 is 0. The van der Waals surface area contributed by atoms with Gasteiger partial charge in [0, 0.05) is 24.3 Å². The Morgan fingerprint density at radius 1 is 1.27 bits per heavy atom. The van der Waals surface area contributed by atoms with Crippen molar-refractivity contribution in [2.75, 3.05) is 13.2 Å². The van der Waals surface area contributed by atoms with E-state index in [9.17, 15) is 5.11 Å². The van der Waals surface area contributed by atoms with Gasteiger partial charge in [-0.1, -0.05) is 30.3 Å². The Kier molecular flexibility index (Phi) is 6.12. The minimum Gasteiger partial charge on any atom is -0.389 e. The third-order valence-corrected chi connectivity index (χ3v) is 3.77. The maximum atomic E-state index is 10.0. The number of aryl methyl sites for hydroxylation is 2. The molecule has 1 aromatic heterocycles. The van der Waals surface area contributed by atoms with Gasteiger partial charge < -0.3 is 15.2 Å². The molecule has 0 bridgehead atoms. The van der Waals surface area contributed by atoms with Crippen molar-refractivity contribution in [3.05, 3.63) is 52.8 Å². The van der Waals surface area contributed by atoms with Crippen molar-refractivity contribution in [3.8, 4) is 0 Å². The Hall–Kier alpha value is -1.69. The first-order valence-corrected chi connectivity index (χ1v) is 7.63. The molecule has 0 aliphatic carbocycles. The van der Waals surface area contributed by atoms with E-state index in [4.69, 9.17) is 4.74 Å². The van der Waals surface area contributed by atoms with Crippen molar-refractivity contribution in [3.63, 3.8) is 0 Å². The Labute approximate surface area is 131 Å². The van der Waals surface area contributed by atoms with Gasteiger partial charge in [-0.3, -0.25) is 5.10 Å². The molecule has 0 radical (unpaired) electrons. The molecule has 5 nitrogen and oxygen atoms in total. The number of aliphatic hydroxyl groups excluding tert-OH is 1. The fourth-order valence-corrected chi connectivity index (χ4v) is 2.33. The highest BCUT2D eigenvalue weighted by molar-refractivity contribution is 5.22. The maximum Gasteiger partial charge on any atom is 0.0898 e. The predicted octanol–water partition coefficient (Wildman–Crippen LogP) is 2.25. The van der Waals surface area contributed by atoms with Gasteiger partial charge in [-0.15, -0.1) is 0 Å². The maximum absolute atomic E-state index is 10.0. The van der Waals surface area contributed by atoms with Crippen molar-refractivity contribution in [2.45, 2.75) is 39.5 Å². The summed E-state index contributed by atoms with van der Waals surface area (Å²) in [7, 11) is 0. The number of nitrogens with zero attached hydrogens (tertiary/aromatic N) is 1. The molecule has 0 spiro atoms. The monoisotopic (exact) mass is 303 g/mol. The number of benzene rings is 1. The highest BCUT2D eigenvalue weighted by Crippen LogP contribution is 2.15. The van der Waals surface area contributed by atoms with Gasteiger partial charge in [-0.2, -0.15) is 5.10 Å². The molecule has 3 N–H and O–H groups in total. The summed E-state index contributed by atoms with van der Waals surface area (Å²) in [5.41, 5.74) is 4.33. The molecule has 22 heavy (non-hydrogen) atoms. The largest absolute Gasteiger partial charge is 0.389 e. The van der Waals surface area contributed by atoms with E-state index in [2.05, 4.69) is 15.5 Å². The molecule has 0 aliphatic heterocycles. The van der Waals surface area contributed by atoms with Crippen LogP contribution in [-0.2, 0) is 11.3 Å². The number of ether oxygens (including phenoxy) is 1. The fourth-order valence-electron chi connectivity index (χ4n) is 2.33. The molecule has 1 heterocycles. The van der Waals surface area contributed by atoms with Crippen LogP contribution in [0.25, 0.3) is 0 Å². The minimum atomic E-state index is -0.529. The van der Waals surface area contributed by atoms with E-state index < -0.39 is 6.10 Å². The highest BCUT2D eigenvalue weighted by Gasteiger charge is 2.11. The number of hydrogen-bond acceptors (Lipinski definition) is 4. The Balaban J connectivity index is 1.69. The number of H-pyrrole nitrogens is 1. The topological polar surface area (TPSA) is 70.2 Å². The molecule has 120 valence electrons. The molecule has 2 aromatic rings. The lowest BCUT2D eigenvalue weighted by Crippen LogP contribution is -2.30. The van der Waals surface area contributed by atoms with Crippen LogP contribution in [0.2, 0.25) is 0 Å². The first-order chi connectivity index (χ1) is 10.6. The smallest absolute Gasteiger partial charge is 0.0898 e. The van der Waals surface area contributed by atoms with Gasteiger partial charge in [0.05, 0.1) is 24.5 Å². The molecule has 0 fully saturated rings. The van der Waals surface area contributed by atoms with Crippen molar-refractivity contribution >= 4 is 0 Å². The van der Waals surface area contributed by atoms with Gasteiger partial charge in [0.1, 0.15) is 0 Å². The second kappa shape index (κ2) is 8.08. The minimum absolute atomic E-state index is 0.0192. The average Bonchev–Trinajstić information content (AvgIpc) is 2.85. The number of hydrogen-bond donors (Lipinski definition) is 3. The zero-order chi connectivity index (χ0) is 15.9. The van der Waals surface area contributed by atoms with Crippen molar-refractivity contribution in [1.29, 1.82) is 0 Å². The van der Waals surface area contributed by atoms with Gasteiger partial charge in [0.25, 0.3) is 0 Å². The summed E-state index contributed by atoms with van der Waals surface area (Å²) in [5.74, 6) is 0. The molecule has 1 aromatic carbocycles. The second-order valence-corrected chi connectivity index (χ2v) is 5.58. The molecule has 0 saturated carbocycles. The molecule has 0 aliphatic rings. The van der Waals surface area contributed by atoms with Gasteiger partial charge in [0.15, 0.2) is 0 Å². The number of aromatic nitrogens is 2. The third-order valence-electron chi connectivity index (χ3n) is 3.77. The summed E-state index contributed by atoms with van der Waals surface area (Å²) in [6.07, 6.45) is -0.548. The SMILES string of the molecule is Cc1n[nH]c(C)c1CNC[C@H](O)CO[C@@H](C)c1ccccc1. The van der Waals surface area contributed by atoms with E-state index in [1.807, 2.05) is 51.1 Å². The molecular weight excluding hydrogens is 278 g/mol. The lowest BCUT2D eigenvalue weighted by atomic mass is 10.1. The number of aromatic amines is 1. The summed E-state index contributed by atoms with van der Waals surface area (Å²) in [6, 6.07) is 10.0. The normalized spacial score (nSPS) is 14.0. The quantitative estimate of drug-likeness (QED) is 0.699. The predicted molar refractivity (Wildman–Crippen MR) is 86.6 cm³/mol. The summed E-state index contributed by atoms with van der Waals surface area (Å²) in [5, 5.41) is 20.4. The van der Waals surface area contributed by atoms with E-state index in [1.54, 1.807) is 0 Å². The lowest BCUT2D eigenvalue weighted by Gasteiger charge is -2.17. The summed E-state index contributed by atoms with van der Waals surface area (Å²) < 4.78 is 5.72. The Morgan fingerprint density at radius 3 is 2.64 bits per heavy atom. The van der Waals surface area contributed by atoms with E-state index in [-0.39, 0.29) is 6.10 Å². The van der Waals surface area contributed by atoms with Gasteiger partial charge in [-0.05, 0) is 26.3 Å². The first-order valence-electron chi connectivity index (χ1n) is 7.63. The van der Waals surface area contributed by atoms with Crippen molar-refractivity contribution in [2.24, 2.45) is 0 Å².